The molecule has 0 saturated carbocycles. The molecule has 0 aliphatic carbocycles. The minimum absolute atomic E-state index is 0.0221. The summed E-state index contributed by atoms with van der Waals surface area (Å²) in [5.74, 6) is 0.679. The number of carbonyl (C=O) groups excluding carboxylic acids is 2. The summed E-state index contributed by atoms with van der Waals surface area (Å²) >= 11 is 0. The number of morpholine rings is 1. The number of anilines is 1. The number of rotatable bonds is 5. The number of amides is 2. The number of imidazole rings is 1. The zero-order chi connectivity index (χ0) is 17.6. The normalized spacial score (nSPS) is 17.3. The van der Waals surface area contributed by atoms with E-state index in [1.807, 2.05) is 48.0 Å². The number of hydrogen-bond acceptors (Lipinski definition) is 4. The molecule has 1 N–H and O–H groups in total. The Balaban J connectivity index is 1.52. The fourth-order valence-corrected chi connectivity index (χ4v) is 2.79. The van der Waals surface area contributed by atoms with E-state index in [2.05, 4.69) is 10.3 Å². The molecule has 1 aromatic carbocycles. The lowest BCUT2D eigenvalue weighted by Crippen LogP contribution is -2.50. The van der Waals surface area contributed by atoms with Crippen molar-refractivity contribution >= 4 is 17.5 Å². The zero-order valence-electron chi connectivity index (χ0n) is 14.2. The van der Waals surface area contributed by atoms with E-state index in [-0.39, 0.29) is 18.4 Å². The highest BCUT2D eigenvalue weighted by molar-refractivity contribution is 5.94. The van der Waals surface area contributed by atoms with Gasteiger partial charge in [0.2, 0.25) is 5.91 Å². The molecule has 1 atom stereocenters. The van der Waals surface area contributed by atoms with Gasteiger partial charge in [0, 0.05) is 37.6 Å². The Bertz CT molecular complexity index is 729. The van der Waals surface area contributed by atoms with E-state index in [1.165, 1.54) is 0 Å². The lowest BCUT2D eigenvalue weighted by Gasteiger charge is -2.32. The molecule has 1 fully saturated rings. The van der Waals surface area contributed by atoms with Crippen molar-refractivity contribution in [3.05, 3.63) is 48.5 Å². The number of nitrogens with zero attached hydrogens (tertiary/aromatic N) is 3. The van der Waals surface area contributed by atoms with Crippen molar-refractivity contribution in [2.45, 2.75) is 26.0 Å². The van der Waals surface area contributed by atoms with Gasteiger partial charge in [0.05, 0.1) is 13.2 Å². The van der Waals surface area contributed by atoms with Gasteiger partial charge >= 0.3 is 0 Å². The number of hydrogen-bond donors (Lipinski definition) is 1. The van der Waals surface area contributed by atoms with Gasteiger partial charge in [-0.3, -0.25) is 9.59 Å². The van der Waals surface area contributed by atoms with Gasteiger partial charge in [-0.25, -0.2) is 4.98 Å². The molecule has 132 valence electrons. The molecule has 1 aliphatic heterocycles. The predicted molar refractivity (Wildman–Crippen MR) is 93.0 cm³/mol. The van der Waals surface area contributed by atoms with Crippen LogP contribution in [0.25, 0.3) is 0 Å². The Morgan fingerprint density at radius 3 is 2.84 bits per heavy atom. The summed E-state index contributed by atoms with van der Waals surface area (Å²) in [6.45, 7) is 3.64. The summed E-state index contributed by atoms with van der Waals surface area (Å²) in [6.07, 6.45) is 3.31. The maximum absolute atomic E-state index is 12.4. The largest absolute Gasteiger partial charge is 0.365 e. The minimum Gasteiger partial charge on any atom is -0.365 e. The van der Waals surface area contributed by atoms with Gasteiger partial charge < -0.3 is 19.5 Å². The molecule has 0 unspecified atom stereocenters. The van der Waals surface area contributed by atoms with E-state index in [9.17, 15) is 9.59 Å². The number of aryl methyl sites for hydroxylation is 2. The number of para-hydroxylation sites is 1. The van der Waals surface area contributed by atoms with Crippen LogP contribution in [-0.2, 0) is 20.9 Å². The molecular weight excluding hydrogens is 320 g/mol. The van der Waals surface area contributed by atoms with E-state index < -0.39 is 6.10 Å². The molecule has 2 amide bonds. The van der Waals surface area contributed by atoms with Crippen LogP contribution < -0.4 is 5.32 Å². The molecule has 2 heterocycles. The first-order valence-electron chi connectivity index (χ1n) is 8.36. The highest BCUT2D eigenvalue weighted by Gasteiger charge is 2.29. The van der Waals surface area contributed by atoms with Gasteiger partial charge in [0.25, 0.3) is 5.91 Å². The number of carbonyl (C=O) groups is 2. The molecular formula is C18H22N4O3. The van der Waals surface area contributed by atoms with Gasteiger partial charge in [-0.05, 0) is 19.1 Å². The predicted octanol–water partition coefficient (Wildman–Crippen LogP) is 1.45. The van der Waals surface area contributed by atoms with Gasteiger partial charge in [0.1, 0.15) is 5.82 Å². The number of nitrogens with one attached hydrogen (secondary N) is 1. The van der Waals surface area contributed by atoms with Crippen LogP contribution in [0, 0.1) is 6.92 Å². The van der Waals surface area contributed by atoms with Crippen LogP contribution in [-0.4, -0.2) is 52.1 Å². The van der Waals surface area contributed by atoms with Crippen LogP contribution >= 0.6 is 0 Å². The van der Waals surface area contributed by atoms with Gasteiger partial charge in [-0.1, -0.05) is 18.2 Å². The second kappa shape index (κ2) is 7.94. The minimum atomic E-state index is -0.645. The highest BCUT2D eigenvalue weighted by atomic mass is 16.5. The lowest BCUT2D eigenvalue weighted by molar-refractivity contribution is -0.144. The first-order chi connectivity index (χ1) is 12.1. The van der Waals surface area contributed by atoms with Crippen LogP contribution in [0.1, 0.15) is 12.2 Å². The average molecular weight is 342 g/mol. The topological polar surface area (TPSA) is 76.5 Å². The second-order valence-electron chi connectivity index (χ2n) is 5.97. The van der Waals surface area contributed by atoms with Crippen molar-refractivity contribution in [2.24, 2.45) is 0 Å². The zero-order valence-corrected chi connectivity index (χ0v) is 14.2. The van der Waals surface area contributed by atoms with Crippen molar-refractivity contribution in [3.63, 3.8) is 0 Å². The summed E-state index contributed by atoms with van der Waals surface area (Å²) < 4.78 is 7.48. The Kier molecular flexibility index (Phi) is 5.45. The standard InChI is InChI=1S/C18H22N4O3/c1-14-19-8-10-21(14)9-7-17(23)22-11-12-25-16(13-22)18(24)20-15-5-3-2-4-6-15/h2-6,8,10,16H,7,9,11-13H2,1H3,(H,20,24)/t16-/m1/s1. The molecule has 0 radical (unpaired) electrons. The van der Waals surface area contributed by atoms with Gasteiger partial charge in [-0.2, -0.15) is 0 Å². The summed E-state index contributed by atoms with van der Waals surface area (Å²) in [5.41, 5.74) is 0.718. The lowest BCUT2D eigenvalue weighted by atomic mass is 10.2. The third kappa shape index (κ3) is 4.45. The van der Waals surface area contributed by atoms with Crippen LogP contribution in [0.3, 0.4) is 0 Å². The van der Waals surface area contributed by atoms with Crippen LogP contribution in [0.2, 0.25) is 0 Å². The molecule has 3 rings (SSSR count). The number of ether oxygens (including phenoxy) is 1. The van der Waals surface area contributed by atoms with Crippen molar-refractivity contribution in [2.75, 3.05) is 25.0 Å². The molecule has 1 saturated heterocycles. The van der Waals surface area contributed by atoms with Crippen LogP contribution in [0.4, 0.5) is 5.69 Å². The maximum Gasteiger partial charge on any atom is 0.255 e. The third-order valence-electron chi connectivity index (χ3n) is 4.24. The Morgan fingerprint density at radius 2 is 2.12 bits per heavy atom. The van der Waals surface area contributed by atoms with Gasteiger partial charge in [-0.15, -0.1) is 0 Å². The third-order valence-corrected chi connectivity index (χ3v) is 4.24. The summed E-state index contributed by atoms with van der Waals surface area (Å²) in [7, 11) is 0. The molecule has 2 aromatic rings. The molecule has 7 heteroatoms. The van der Waals surface area contributed by atoms with E-state index >= 15 is 0 Å². The van der Waals surface area contributed by atoms with Crippen LogP contribution in [0.5, 0.6) is 0 Å². The SMILES string of the molecule is Cc1nccn1CCC(=O)N1CCO[C@@H](C(=O)Nc2ccccc2)C1. The van der Waals surface area contributed by atoms with Crippen molar-refractivity contribution in [3.8, 4) is 0 Å². The molecule has 0 bridgehead atoms. The molecule has 1 aliphatic rings. The van der Waals surface area contributed by atoms with E-state index in [4.69, 9.17) is 4.74 Å². The first kappa shape index (κ1) is 17.2. The number of benzene rings is 1. The first-order valence-corrected chi connectivity index (χ1v) is 8.36. The Morgan fingerprint density at radius 1 is 1.32 bits per heavy atom. The Hall–Kier alpha value is -2.67. The maximum atomic E-state index is 12.4. The molecule has 7 nitrogen and oxygen atoms in total. The molecule has 1 aromatic heterocycles. The van der Waals surface area contributed by atoms with E-state index in [0.29, 0.717) is 26.1 Å². The van der Waals surface area contributed by atoms with Crippen molar-refractivity contribution in [1.82, 2.24) is 14.5 Å². The summed E-state index contributed by atoms with van der Waals surface area (Å²) in [5, 5.41) is 2.82. The van der Waals surface area contributed by atoms with E-state index in [1.54, 1.807) is 11.1 Å². The van der Waals surface area contributed by atoms with Crippen molar-refractivity contribution in [1.29, 1.82) is 0 Å². The van der Waals surface area contributed by atoms with Crippen molar-refractivity contribution < 1.29 is 14.3 Å². The Labute approximate surface area is 146 Å². The smallest absolute Gasteiger partial charge is 0.255 e. The highest BCUT2D eigenvalue weighted by Crippen LogP contribution is 2.12. The monoisotopic (exact) mass is 342 g/mol. The fraction of sp³-hybridized carbons (Fsp3) is 0.389. The fourth-order valence-electron chi connectivity index (χ4n) is 2.79. The molecule has 25 heavy (non-hydrogen) atoms. The van der Waals surface area contributed by atoms with Gasteiger partial charge in [0.15, 0.2) is 6.10 Å². The second-order valence-corrected chi connectivity index (χ2v) is 5.97. The van der Waals surface area contributed by atoms with Crippen LogP contribution in [0.15, 0.2) is 42.7 Å². The quantitative estimate of drug-likeness (QED) is 0.892. The average Bonchev–Trinajstić information content (AvgIpc) is 3.05. The number of aromatic nitrogens is 2. The summed E-state index contributed by atoms with van der Waals surface area (Å²) in [4.78, 5) is 30.6. The molecule has 0 spiro atoms. The summed E-state index contributed by atoms with van der Waals surface area (Å²) in [6, 6.07) is 9.22. The van der Waals surface area contributed by atoms with E-state index in [0.717, 1.165) is 11.5 Å².